The predicted molar refractivity (Wildman–Crippen MR) is 133 cm³/mol. The quantitative estimate of drug-likeness (QED) is 0.147. The van der Waals surface area contributed by atoms with Gasteiger partial charge in [-0.15, -0.1) is 0 Å². The number of hydrogen-bond donors (Lipinski definition) is 0. The first kappa shape index (κ1) is 30.8. The fourth-order valence-corrected chi connectivity index (χ4v) is 6.42. The standard InChI is InChI=1S/C26H20N2O6S2.2Na/c1-15-25(35(29,30)31)21(17-9-5-3-6-10-17)19-13-14-20-22(18-11-7-4-8-12-18)26(36(32,33)34)16(2)28-24(20)23(19)27-15;;/h3-14H,1-2H3,(H,29,30,31)(H,32,33,34);;/q;2*+1/p-2. The Hall–Kier alpha value is -1.70. The van der Waals surface area contributed by atoms with Crippen molar-refractivity contribution in [2.45, 2.75) is 23.6 Å². The summed E-state index contributed by atoms with van der Waals surface area (Å²) in [6.07, 6.45) is 0. The number of hydrogen-bond acceptors (Lipinski definition) is 8. The molecule has 0 saturated heterocycles. The Bertz CT molecular complexity index is 1760. The van der Waals surface area contributed by atoms with Gasteiger partial charge in [0.1, 0.15) is 20.2 Å². The van der Waals surface area contributed by atoms with Gasteiger partial charge >= 0.3 is 59.1 Å². The second kappa shape index (κ2) is 11.4. The van der Waals surface area contributed by atoms with Crippen molar-refractivity contribution in [1.29, 1.82) is 0 Å². The van der Waals surface area contributed by atoms with Gasteiger partial charge in [-0.2, -0.15) is 0 Å². The molecular weight excluding hydrogens is 546 g/mol. The summed E-state index contributed by atoms with van der Waals surface area (Å²) < 4.78 is 73.7. The van der Waals surface area contributed by atoms with Gasteiger partial charge in [0.05, 0.1) is 32.2 Å². The molecule has 2 heterocycles. The molecule has 0 aliphatic carbocycles. The van der Waals surface area contributed by atoms with E-state index in [0.717, 1.165) is 0 Å². The molecule has 0 radical (unpaired) electrons. The number of aryl methyl sites for hydroxylation is 2. The van der Waals surface area contributed by atoms with Gasteiger partial charge in [0.2, 0.25) is 0 Å². The molecule has 38 heavy (non-hydrogen) atoms. The minimum Gasteiger partial charge on any atom is -0.744 e. The fraction of sp³-hybridized carbons (Fsp3) is 0.0769. The second-order valence-corrected chi connectivity index (χ2v) is 10.9. The van der Waals surface area contributed by atoms with Crippen LogP contribution in [0.3, 0.4) is 0 Å². The smallest absolute Gasteiger partial charge is 0.744 e. The molecule has 182 valence electrons. The van der Waals surface area contributed by atoms with E-state index in [9.17, 15) is 25.9 Å². The maximum Gasteiger partial charge on any atom is 1.00 e. The van der Waals surface area contributed by atoms with Gasteiger partial charge < -0.3 is 9.11 Å². The normalized spacial score (nSPS) is 11.7. The summed E-state index contributed by atoms with van der Waals surface area (Å²) in [5.74, 6) is 0. The van der Waals surface area contributed by atoms with Crippen molar-refractivity contribution < 1.29 is 85.1 Å². The van der Waals surface area contributed by atoms with Crippen molar-refractivity contribution in [3.8, 4) is 22.3 Å². The minimum atomic E-state index is -4.90. The van der Waals surface area contributed by atoms with Crippen LogP contribution in [0.1, 0.15) is 11.4 Å². The van der Waals surface area contributed by atoms with Crippen LogP contribution in [0.5, 0.6) is 0 Å². The van der Waals surface area contributed by atoms with Gasteiger partial charge in [0.25, 0.3) is 0 Å². The molecule has 0 saturated carbocycles. The SMILES string of the molecule is Cc1nc2c(ccc3c(-c4ccccc4)c(S(=O)(=O)[O-])c(C)nc32)c(-c2ccccc2)c1S(=O)(=O)[O-].[Na+].[Na+]. The van der Waals surface area contributed by atoms with Crippen LogP contribution >= 0.6 is 0 Å². The van der Waals surface area contributed by atoms with E-state index in [0.29, 0.717) is 21.9 Å². The first-order valence-corrected chi connectivity index (χ1v) is 13.6. The topological polar surface area (TPSA) is 140 Å². The zero-order chi connectivity index (χ0) is 25.8. The maximum absolute atomic E-state index is 12.3. The van der Waals surface area contributed by atoms with Crippen LogP contribution in [-0.2, 0) is 20.2 Å². The Morgan fingerprint density at radius 3 is 1.16 bits per heavy atom. The minimum absolute atomic E-state index is 0. The van der Waals surface area contributed by atoms with Crippen LogP contribution in [0.15, 0.2) is 82.6 Å². The number of fused-ring (bicyclic) bond motifs is 3. The Balaban J connectivity index is 0.00000200. The number of nitrogens with zero attached hydrogens (tertiary/aromatic N) is 2. The van der Waals surface area contributed by atoms with E-state index >= 15 is 0 Å². The molecule has 0 aliphatic rings. The summed E-state index contributed by atoms with van der Waals surface area (Å²) >= 11 is 0. The van der Waals surface area contributed by atoms with E-state index in [1.54, 1.807) is 72.8 Å². The average molecular weight is 565 g/mol. The van der Waals surface area contributed by atoms with Gasteiger partial charge in [-0.05, 0) is 25.0 Å². The maximum atomic E-state index is 12.3. The van der Waals surface area contributed by atoms with Gasteiger partial charge in [-0.3, -0.25) is 0 Å². The van der Waals surface area contributed by atoms with E-state index in [4.69, 9.17) is 0 Å². The van der Waals surface area contributed by atoms with Crippen LogP contribution < -0.4 is 59.1 Å². The summed E-state index contributed by atoms with van der Waals surface area (Å²) in [5.41, 5.74) is 1.93. The summed E-state index contributed by atoms with van der Waals surface area (Å²) in [6, 6.07) is 20.3. The molecule has 0 aliphatic heterocycles. The fourth-order valence-electron chi connectivity index (χ4n) is 4.65. The zero-order valence-corrected chi connectivity index (χ0v) is 26.7. The van der Waals surface area contributed by atoms with E-state index in [-0.39, 0.29) is 92.7 Å². The third-order valence-electron chi connectivity index (χ3n) is 5.99. The summed E-state index contributed by atoms with van der Waals surface area (Å²) in [7, 11) is -9.79. The molecule has 0 bridgehead atoms. The predicted octanol–water partition coefficient (Wildman–Crippen LogP) is -1.45. The number of benzene rings is 3. The van der Waals surface area contributed by atoms with Crippen LogP contribution in [0.4, 0.5) is 0 Å². The largest absolute Gasteiger partial charge is 1.00 e. The van der Waals surface area contributed by atoms with Gasteiger partial charge in [0.15, 0.2) is 0 Å². The third-order valence-corrected chi connectivity index (χ3v) is 7.98. The third kappa shape index (κ3) is 5.48. The molecule has 8 nitrogen and oxygen atoms in total. The Kier molecular flexibility index (Phi) is 9.27. The summed E-state index contributed by atoms with van der Waals surface area (Å²) in [6.45, 7) is 2.86. The number of aromatic nitrogens is 2. The Labute approximate surface area is 264 Å². The summed E-state index contributed by atoms with van der Waals surface area (Å²) in [4.78, 5) is 8.05. The molecule has 0 amide bonds. The van der Waals surface area contributed by atoms with Crippen molar-refractivity contribution in [2.24, 2.45) is 0 Å². The number of rotatable bonds is 4. The van der Waals surface area contributed by atoms with E-state index in [1.807, 2.05) is 0 Å². The molecule has 5 aromatic rings. The molecule has 5 rings (SSSR count). The van der Waals surface area contributed by atoms with Crippen LogP contribution in [0, 0.1) is 13.8 Å². The van der Waals surface area contributed by atoms with Crippen LogP contribution in [0.25, 0.3) is 44.1 Å². The summed E-state index contributed by atoms with van der Waals surface area (Å²) in [5, 5.41) is 0.717. The molecule has 0 N–H and O–H groups in total. The van der Waals surface area contributed by atoms with Crippen molar-refractivity contribution in [3.05, 3.63) is 84.2 Å². The molecule has 12 heteroatoms. The van der Waals surface area contributed by atoms with Crippen molar-refractivity contribution in [1.82, 2.24) is 9.97 Å². The molecule has 0 fully saturated rings. The van der Waals surface area contributed by atoms with Crippen LogP contribution in [0.2, 0.25) is 0 Å². The first-order chi connectivity index (χ1) is 17.0. The van der Waals surface area contributed by atoms with E-state index in [1.165, 1.54) is 13.8 Å². The average Bonchev–Trinajstić information content (AvgIpc) is 2.82. The monoisotopic (exact) mass is 564 g/mol. The zero-order valence-electron chi connectivity index (χ0n) is 21.1. The molecule has 2 aromatic heterocycles. The van der Waals surface area contributed by atoms with Gasteiger partial charge in [0, 0.05) is 21.9 Å². The van der Waals surface area contributed by atoms with E-state index in [2.05, 4.69) is 9.97 Å². The molecular formula is C26H18N2Na2O6S2. The number of pyridine rings is 2. The molecule has 3 aromatic carbocycles. The van der Waals surface area contributed by atoms with Crippen molar-refractivity contribution in [2.75, 3.05) is 0 Å². The van der Waals surface area contributed by atoms with E-state index < -0.39 is 30.0 Å². The molecule has 0 spiro atoms. The van der Waals surface area contributed by atoms with Crippen LogP contribution in [-0.4, -0.2) is 35.9 Å². The Morgan fingerprint density at radius 2 is 0.868 bits per heavy atom. The first-order valence-electron chi connectivity index (χ1n) is 10.8. The van der Waals surface area contributed by atoms with Crippen molar-refractivity contribution in [3.63, 3.8) is 0 Å². The van der Waals surface area contributed by atoms with Crippen molar-refractivity contribution >= 4 is 42.0 Å². The van der Waals surface area contributed by atoms with Gasteiger partial charge in [-0.1, -0.05) is 72.8 Å². The molecule has 0 unspecified atom stereocenters. The Morgan fingerprint density at radius 1 is 0.553 bits per heavy atom. The van der Waals surface area contributed by atoms with Gasteiger partial charge in [-0.25, -0.2) is 26.8 Å². The molecule has 0 atom stereocenters. The second-order valence-electron chi connectivity index (χ2n) is 8.30.